The van der Waals surface area contributed by atoms with Crippen LogP contribution in [0.15, 0.2) is 0 Å². The Morgan fingerprint density at radius 1 is 0.842 bits per heavy atom. The van der Waals surface area contributed by atoms with Gasteiger partial charge in [-0.1, -0.05) is 64.7 Å². The molecule has 4 nitrogen and oxygen atoms in total. The van der Waals surface area contributed by atoms with Gasteiger partial charge in [-0.2, -0.15) is 14.8 Å². The Morgan fingerprint density at radius 3 is 1.37 bits per heavy atom. The molecule has 0 aliphatic rings. The molecule has 0 atom stereocenters. The van der Waals surface area contributed by atoms with Gasteiger partial charge < -0.3 is 6.92 Å². The minimum absolute atomic E-state index is 0. The fraction of sp³-hybridized carbons (Fsp3) is 0.917. The van der Waals surface area contributed by atoms with E-state index in [1.54, 1.807) is 0 Å². The van der Waals surface area contributed by atoms with Gasteiger partial charge in [-0.3, -0.25) is 9.11 Å². The van der Waals surface area contributed by atoms with Crippen LogP contribution in [-0.2, 0) is 10.4 Å². The van der Waals surface area contributed by atoms with Crippen LogP contribution < -0.4 is 29.6 Å². The summed E-state index contributed by atoms with van der Waals surface area (Å²) in [6.07, 6.45) is 13.9. The Kier molecular flexibility index (Phi) is 32.6. The first-order valence-corrected chi connectivity index (χ1v) is 7.80. The smallest absolute Gasteiger partial charge is 0.343 e. The van der Waals surface area contributed by atoms with Crippen LogP contribution in [0.25, 0.3) is 0 Å². The largest absolute Gasteiger partial charge is 1.00 e. The summed E-state index contributed by atoms with van der Waals surface area (Å²) in [5.41, 5.74) is 0. The average Bonchev–Trinajstić information content (AvgIpc) is 2.20. The molecule has 0 aromatic carbocycles. The molecule has 0 radical (unpaired) electrons. The van der Waals surface area contributed by atoms with Crippen molar-refractivity contribution in [1.29, 1.82) is 0 Å². The molecule has 0 aromatic heterocycles. The summed E-state index contributed by atoms with van der Waals surface area (Å²) in [5.74, 6) is 0. The molecule has 0 saturated heterocycles. The number of unbranched alkanes of at least 4 members (excludes halogenated alkanes) is 9. The number of rotatable bonds is 9. The van der Waals surface area contributed by atoms with E-state index in [2.05, 4.69) is 13.8 Å². The zero-order valence-corrected chi connectivity index (χ0v) is 14.7. The van der Waals surface area contributed by atoms with E-state index in [1.165, 1.54) is 57.8 Å². The molecule has 112 valence electrons. The summed E-state index contributed by atoms with van der Waals surface area (Å²) in [6.45, 7) is 6.12. The predicted molar refractivity (Wildman–Crippen MR) is 81.3 cm³/mol. The zero-order chi connectivity index (χ0) is 13.6. The van der Waals surface area contributed by atoms with E-state index in [1.807, 2.05) is 0 Å². The standard InChI is InChI=1S/C12H25.Al.Na.H2O4S.3H/c1-3-5-7-9-11-12-10-8-6-4-2;;;1-5(2,3)4;;;/h1,3-12H2,2H3;;;(H2,1,2,3,4);;;/q-1;;+1;;;;. The van der Waals surface area contributed by atoms with Crippen molar-refractivity contribution in [2.75, 3.05) is 0 Å². The van der Waals surface area contributed by atoms with Crippen molar-refractivity contribution in [2.45, 2.75) is 71.1 Å². The third-order valence-corrected chi connectivity index (χ3v) is 2.35. The van der Waals surface area contributed by atoms with E-state index in [0.29, 0.717) is 0 Å². The monoisotopic (exact) mass is 320 g/mol. The summed E-state index contributed by atoms with van der Waals surface area (Å²) >= 11 is 0. The molecule has 0 rings (SSSR count). The average molecular weight is 320 g/mol. The Bertz CT molecular complexity index is 218. The van der Waals surface area contributed by atoms with Crippen molar-refractivity contribution in [1.82, 2.24) is 0 Å². The van der Waals surface area contributed by atoms with Crippen LogP contribution in [-0.4, -0.2) is 34.9 Å². The molecule has 0 aromatic rings. The van der Waals surface area contributed by atoms with Gasteiger partial charge in [0.25, 0.3) is 0 Å². The van der Waals surface area contributed by atoms with E-state index in [-0.39, 0.29) is 46.9 Å². The topological polar surface area (TPSA) is 74.6 Å². The van der Waals surface area contributed by atoms with Gasteiger partial charge in [-0.15, -0.1) is 0 Å². The van der Waals surface area contributed by atoms with Crippen LogP contribution in [0.4, 0.5) is 0 Å². The first kappa shape index (κ1) is 28.5. The third-order valence-electron chi connectivity index (χ3n) is 2.35. The van der Waals surface area contributed by atoms with Crippen molar-refractivity contribution < 1.29 is 47.1 Å². The van der Waals surface area contributed by atoms with Crippen molar-refractivity contribution in [3.63, 3.8) is 0 Å². The second-order valence-electron chi connectivity index (χ2n) is 4.13. The minimum Gasteiger partial charge on any atom is -0.343 e. The van der Waals surface area contributed by atoms with Crippen LogP contribution in [0.1, 0.15) is 71.1 Å². The molecule has 0 saturated carbocycles. The van der Waals surface area contributed by atoms with Gasteiger partial charge in [0.1, 0.15) is 0 Å². The molecule has 0 unspecified atom stereocenters. The van der Waals surface area contributed by atoms with E-state index in [4.69, 9.17) is 17.5 Å². The molecule has 0 fully saturated rings. The van der Waals surface area contributed by atoms with Crippen molar-refractivity contribution in [2.24, 2.45) is 0 Å². The summed E-state index contributed by atoms with van der Waals surface area (Å²) < 4.78 is 31.6. The second kappa shape index (κ2) is 21.7. The summed E-state index contributed by atoms with van der Waals surface area (Å²) in [7, 11) is -4.67. The minimum atomic E-state index is -4.67. The van der Waals surface area contributed by atoms with Crippen molar-refractivity contribution >= 4 is 27.8 Å². The Balaban J connectivity index is -0.000000139. The van der Waals surface area contributed by atoms with Crippen LogP contribution in [0.5, 0.6) is 0 Å². The normalized spacial score (nSPS) is 9.68. The van der Waals surface area contributed by atoms with E-state index >= 15 is 0 Å². The molecule has 7 heteroatoms. The maximum absolute atomic E-state index is 8.74. The van der Waals surface area contributed by atoms with Gasteiger partial charge in [0.15, 0.2) is 17.4 Å². The number of hydrogen-bond acceptors (Lipinski definition) is 2. The molecular formula is C12H30AlNaO4S. The molecule has 0 aliphatic carbocycles. The summed E-state index contributed by atoms with van der Waals surface area (Å²) in [6, 6.07) is 0. The number of hydrogen-bond donors (Lipinski definition) is 2. The molecule has 0 heterocycles. The van der Waals surface area contributed by atoms with E-state index < -0.39 is 10.4 Å². The van der Waals surface area contributed by atoms with E-state index in [0.717, 1.165) is 6.42 Å². The maximum atomic E-state index is 8.74. The zero-order valence-electron chi connectivity index (χ0n) is 11.9. The Labute approximate surface area is 152 Å². The van der Waals surface area contributed by atoms with Crippen molar-refractivity contribution in [3.05, 3.63) is 6.92 Å². The predicted octanol–water partition coefficient (Wildman–Crippen LogP) is -0.0913. The summed E-state index contributed by atoms with van der Waals surface area (Å²) in [5, 5.41) is 0. The summed E-state index contributed by atoms with van der Waals surface area (Å²) in [4.78, 5) is 0. The SMILES string of the molecule is O=S(=O)(O)O.[AlH3].[CH2-]CCCCCCCCCCC.[Na+]. The fourth-order valence-electron chi connectivity index (χ4n) is 1.49. The first-order valence-electron chi connectivity index (χ1n) is 6.41. The Hall–Kier alpha value is 1.40. The van der Waals surface area contributed by atoms with Crippen LogP contribution in [0.3, 0.4) is 0 Å². The van der Waals surface area contributed by atoms with Crippen LogP contribution in [0.2, 0.25) is 0 Å². The molecule has 0 bridgehead atoms. The second-order valence-corrected chi connectivity index (χ2v) is 5.03. The Morgan fingerprint density at radius 2 is 1.11 bits per heavy atom. The van der Waals surface area contributed by atoms with Gasteiger partial charge in [-0.05, 0) is 0 Å². The third kappa shape index (κ3) is 54.3. The van der Waals surface area contributed by atoms with Crippen molar-refractivity contribution in [3.8, 4) is 0 Å². The molecule has 0 spiro atoms. The van der Waals surface area contributed by atoms with Gasteiger partial charge in [-0.25, -0.2) is 0 Å². The molecule has 0 amide bonds. The van der Waals surface area contributed by atoms with Crippen LogP contribution >= 0.6 is 0 Å². The molecular weight excluding hydrogens is 290 g/mol. The fourth-order valence-corrected chi connectivity index (χ4v) is 1.49. The quantitative estimate of drug-likeness (QED) is 0.269. The maximum Gasteiger partial charge on any atom is 1.00 e. The molecule has 0 aliphatic heterocycles. The van der Waals surface area contributed by atoms with Gasteiger partial charge in [0.2, 0.25) is 0 Å². The first-order chi connectivity index (χ1) is 7.91. The van der Waals surface area contributed by atoms with Gasteiger partial charge in [0, 0.05) is 0 Å². The van der Waals surface area contributed by atoms with Crippen LogP contribution in [0, 0.1) is 6.92 Å². The van der Waals surface area contributed by atoms with Gasteiger partial charge in [0.05, 0.1) is 0 Å². The molecule has 19 heavy (non-hydrogen) atoms. The van der Waals surface area contributed by atoms with Gasteiger partial charge >= 0.3 is 40.0 Å². The molecule has 2 N–H and O–H groups in total. The van der Waals surface area contributed by atoms with E-state index in [9.17, 15) is 0 Å².